The number of hydrogen-bond donors (Lipinski definition) is 2. The van der Waals surface area contributed by atoms with Crippen LogP contribution in [0.15, 0.2) is 73.1 Å². The summed E-state index contributed by atoms with van der Waals surface area (Å²) in [5, 5.41) is 5.65. The molecular weight excluding hydrogens is 414 g/mol. The number of amides is 2. The molecule has 0 aliphatic heterocycles. The van der Waals surface area contributed by atoms with Crippen molar-refractivity contribution < 1.29 is 18.4 Å². The van der Waals surface area contributed by atoms with Crippen LogP contribution in [0.5, 0.6) is 0 Å². The first-order valence-corrected chi connectivity index (χ1v) is 9.75. The molecule has 2 amide bonds. The number of benzene rings is 2. The molecule has 1 atom stereocenters. The second-order valence-electron chi connectivity index (χ2n) is 7.01. The predicted octanol–water partition coefficient (Wildman–Crippen LogP) is 3.79. The number of aromatic nitrogens is 2. The summed E-state index contributed by atoms with van der Waals surface area (Å²) in [6.07, 6.45) is 3.27. The van der Waals surface area contributed by atoms with E-state index in [1.165, 1.54) is 13.1 Å². The van der Waals surface area contributed by atoms with E-state index >= 15 is 0 Å². The van der Waals surface area contributed by atoms with Crippen LogP contribution >= 0.6 is 0 Å². The van der Waals surface area contributed by atoms with Crippen LogP contribution in [-0.4, -0.2) is 28.8 Å². The van der Waals surface area contributed by atoms with E-state index in [4.69, 9.17) is 0 Å². The number of carbonyl (C=O) groups excluding carboxylic acids is 2. The van der Waals surface area contributed by atoms with E-state index in [2.05, 4.69) is 20.6 Å². The lowest BCUT2D eigenvalue weighted by Gasteiger charge is -2.19. The number of hydrogen-bond acceptors (Lipinski definition) is 4. The van der Waals surface area contributed by atoms with Crippen LogP contribution in [0, 0.1) is 11.6 Å². The first-order chi connectivity index (χ1) is 15.5. The van der Waals surface area contributed by atoms with Crippen molar-refractivity contribution in [2.75, 3.05) is 7.05 Å². The van der Waals surface area contributed by atoms with Crippen LogP contribution < -0.4 is 10.6 Å². The molecule has 0 fully saturated rings. The molecule has 0 aliphatic rings. The highest BCUT2D eigenvalue weighted by Crippen LogP contribution is 2.25. The highest BCUT2D eigenvalue weighted by atomic mass is 19.2. The Bertz CT molecular complexity index is 1310. The van der Waals surface area contributed by atoms with Gasteiger partial charge in [-0.1, -0.05) is 24.3 Å². The zero-order chi connectivity index (χ0) is 22.7. The van der Waals surface area contributed by atoms with Crippen LogP contribution in [0.4, 0.5) is 8.78 Å². The summed E-state index contributed by atoms with van der Waals surface area (Å²) in [7, 11) is 1.39. The van der Waals surface area contributed by atoms with Gasteiger partial charge in [-0.05, 0) is 42.0 Å². The Morgan fingerprint density at radius 2 is 1.78 bits per heavy atom. The Morgan fingerprint density at radius 3 is 2.50 bits per heavy atom. The van der Waals surface area contributed by atoms with Gasteiger partial charge in [-0.2, -0.15) is 0 Å². The molecule has 0 aliphatic carbocycles. The molecule has 0 spiro atoms. The molecule has 0 saturated heterocycles. The lowest BCUT2D eigenvalue weighted by Crippen LogP contribution is -2.39. The van der Waals surface area contributed by atoms with Gasteiger partial charge in [-0.25, -0.2) is 13.8 Å². The maximum Gasteiger partial charge on any atom is 0.252 e. The van der Waals surface area contributed by atoms with Gasteiger partial charge in [0.1, 0.15) is 6.04 Å². The summed E-state index contributed by atoms with van der Waals surface area (Å²) < 4.78 is 27.2. The van der Waals surface area contributed by atoms with Gasteiger partial charge in [0.25, 0.3) is 5.91 Å². The minimum Gasteiger partial charge on any atom is -0.357 e. The van der Waals surface area contributed by atoms with Crippen molar-refractivity contribution in [3.8, 4) is 11.3 Å². The van der Waals surface area contributed by atoms with E-state index in [0.717, 1.165) is 17.7 Å². The number of rotatable bonds is 5. The van der Waals surface area contributed by atoms with Gasteiger partial charge in [0.05, 0.1) is 16.8 Å². The summed E-state index contributed by atoms with van der Waals surface area (Å²) in [6.45, 7) is 0. The summed E-state index contributed by atoms with van der Waals surface area (Å²) in [5.74, 6) is -3.29. The zero-order valence-corrected chi connectivity index (χ0v) is 17.0. The molecule has 1 unspecified atom stereocenters. The quantitative estimate of drug-likeness (QED) is 0.503. The maximum absolute atomic E-state index is 13.8. The van der Waals surface area contributed by atoms with Crippen molar-refractivity contribution in [3.63, 3.8) is 0 Å². The lowest BCUT2D eigenvalue weighted by molar-refractivity contribution is -0.122. The van der Waals surface area contributed by atoms with E-state index in [1.807, 2.05) is 6.07 Å². The smallest absolute Gasteiger partial charge is 0.252 e. The number of carbonyl (C=O) groups is 2. The fraction of sp³-hybridized carbons (Fsp3) is 0.0833. The number of para-hydroxylation sites is 1. The first-order valence-electron chi connectivity index (χ1n) is 9.75. The van der Waals surface area contributed by atoms with Gasteiger partial charge in [0, 0.05) is 30.4 Å². The number of nitrogens with one attached hydrogen (secondary N) is 2. The number of pyridine rings is 2. The van der Waals surface area contributed by atoms with E-state index < -0.39 is 29.5 Å². The van der Waals surface area contributed by atoms with Gasteiger partial charge >= 0.3 is 0 Å². The maximum atomic E-state index is 13.8. The van der Waals surface area contributed by atoms with Crippen molar-refractivity contribution in [3.05, 3.63) is 95.8 Å². The molecule has 160 valence electrons. The molecule has 0 saturated carbocycles. The fourth-order valence-corrected chi connectivity index (χ4v) is 3.37. The normalized spacial score (nSPS) is 11.7. The Kier molecular flexibility index (Phi) is 5.85. The molecule has 0 bridgehead atoms. The number of halogens is 2. The third-order valence-corrected chi connectivity index (χ3v) is 4.98. The van der Waals surface area contributed by atoms with Crippen LogP contribution in [0.3, 0.4) is 0 Å². The number of fused-ring (bicyclic) bond motifs is 1. The van der Waals surface area contributed by atoms with E-state index in [9.17, 15) is 18.4 Å². The molecule has 2 heterocycles. The van der Waals surface area contributed by atoms with Crippen molar-refractivity contribution in [1.29, 1.82) is 0 Å². The molecule has 2 aromatic heterocycles. The van der Waals surface area contributed by atoms with Gasteiger partial charge in [-0.15, -0.1) is 0 Å². The third kappa shape index (κ3) is 4.15. The SMILES string of the molecule is CNC(=O)C(NC(=O)c1cc(-c2cccnc2)nc2ccccc12)c1ccc(F)c(F)c1. The molecule has 8 heteroatoms. The Labute approximate surface area is 182 Å². The fourth-order valence-electron chi connectivity index (χ4n) is 3.37. The summed E-state index contributed by atoms with van der Waals surface area (Å²) in [5.41, 5.74) is 2.23. The average molecular weight is 432 g/mol. The standard InChI is InChI=1S/C24H18F2N4O2/c1-27-24(32)22(14-8-9-18(25)19(26)11-14)30-23(31)17-12-21(15-5-4-10-28-13-15)29-20-7-3-2-6-16(17)20/h2-13,22H,1H3,(H,27,32)(H,30,31). The molecule has 0 radical (unpaired) electrons. The third-order valence-electron chi connectivity index (χ3n) is 4.98. The second kappa shape index (κ2) is 8.89. The molecule has 2 aromatic carbocycles. The second-order valence-corrected chi connectivity index (χ2v) is 7.01. The van der Waals surface area contributed by atoms with Crippen molar-refractivity contribution >= 4 is 22.7 Å². The predicted molar refractivity (Wildman–Crippen MR) is 116 cm³/mol. The van der Waals surface area contributed by atoms with Crippen LogP contribution in [-0.2, 0) is 4.79 Å². The molecule has 4 aromatic rings. The van der Waals surface area contributed by atoms with E-state index in [0.29, 0.717) is 16.6 Å². The Balaban J connectivity index is 1.77. The van der Waals surface area contributed by atoms with Crippen molar-refractivity contribution in [1.82, 2.24) is 20.6 Å². The number of likely N-dealkylation sites (N-methyl/N-ethyl adjacent to an activating group) is 1. The Morgan fingerprint density at radius 1 is 0.969 bits per heavy atom. The minimum atomic E-state index is -1.23. The van der Waals surface area contributed by atoms with Gasteiger partial charge in [0.15, 0.2) is 11.6 Å². The molecule has 4 rings (SSSR count). The van der Waals surface area contributed by atoms with E-state index in [1.54, 1.807) is 48.8 Å². The summed E-state index contributed by atoms with van der Waals surface area (Å²) in [6, 6.07) is 14.1. The van der Waals surface area contributed by atoms with Crippen molar-refractivity contribution in [2.24, 2.45) is 0 Å². The topological polar surface area (TPSA) is 84.0 Å². The first kappa shape index (κ1) is 21.0. The summed E-state index contributed by atoms with van der Waals surface area (Å²) in [4.78, 5) is 34.5. The highest BCUT2D eigenvalue weighted by Gasteiger charge is 2.25. The van der Waals surface area contributed by atoms with Gasteiger partial charge in [0.2, 0.25) is 5.91 Å². The average Bonchev–Trinajstić information content (AvgIpc) is 2.83. The highest BCUT2D eigenvalue weighted by molar-refractivity contribution is 6.08. The Hall–Kier alpha value is -4.20. The van der Waals surface area contributed by atoms with Gasteiger partial charge < -0.3 is 10.6 Å². The van der Waals surface area contributed by atoms with Crippen LogP contribution in [0.1, 0.15) is 22.0 Å². The zero-order valence-electron chi connectivity index (χ0n) is 17.0. The molecule has 2 N–H and O–H groups in total. The molecule has 32 heavy (non-hydrogen) atoms. The summed E-state index contributed by atoms with van der Waals surface area (Å²) >= 11 is 0. The van der Waals surface area contributed by atoms with E-state index in [-0.39, 0.29) is 11.1 Å². The number of nitrogens with zero attached hydrogens (tertiary/aromatic N) is 2. The van der Waals surface area contributed by atoms with Crippen LogP contribution in [0.2, 0.25) is 0 Å². The van der Waals surface area contributed by atoms with Crippen molar-refractivity contribution in [2.45, 2.75) is 6.04 Å². The molecule has 6 nitrogen and oxygen atoms in total. The van der Waals surface area contributed by atoms with Gasteiger partial charge in [-0.3, -0.25) is 14.6 Å². The van der Waals surface area contributed by atoms with Crippen LogP contribution in [0.25, 0.3) is 22.2 Å². The molecular formula is C24H18F2N4O2. The lowest BCUT2D eigenvalue weighted by atomic mass is 10.0. The largest absolute Gasteiger partial charge is 0.357 e. The minimum absolute atomic E-state index is 0.113. The monoisotopic (exact) mass is 432 g/mol.